The minimum Gasteiger partial charge on any atom is -0.0619 e. The Morgan fingerprint density at radius 1 is 1.36 bits per heavy atom. The van der Waals surface area contributed by atoms with Crippen LogP contribution in [0, 0.1) is 12.8 Å². The zero-order valence-electron chi connectivity index (χ0n) is 7.17. The topological polar surface area (TPSA) is 0 Å². The van der Waals surface area contributed by atoms with Gasteiger partial charge in [0, 0.05) is 0 Å². The van der Waals surface area contributed by atoms with Gasteiger partial charge in [-0.2, -0.15) is 0 Å². The second-order valence-electron chi connectivity index (χ2n) is 3.73. The van der Waals surface area contributed by atoms with Crippen LogP contribution in [-0.2, 0) is 0 Å². The summed E-state index contributed by atoms with van der Waals surface area (Å²) in [4.78, 5) is 0. The molecule has 2 atom stereocenters. The molecule has 0 aromatic heterocycles. The molecule has 2 unspecified atom stereocenters. The van der Waals surface area contributed by atoms with Gasteiger partial charge >= 0.3 is 0 Å². The third-order valence-electron chi connectivity index (χ3n) is 2.58. The van der Waals surface area contributed by atoms with E-state index in [1.807, 2.05) is 0 Å². The van der Waals surface area contributed by atoms with E-state index in [1.54, 1.807) is 0 Å². The molecule has 58 valence electrons. The standard InChI is InChI=1S/C11H14/c1-8-4-3-5-10(6-8)11-7-9(11)2/h3-6,9,11H,7H2,1-2H3. The lowest BCUT2D eigenvalue weighted by molar-refractivity contribution is 0.913. The number of aryl methyl sites for hydroxylation is 1. The van der Waals surface area contributed by atoms with E-state index in [-0.39, 0.29) is 0 Å². The first-order valence-electron chi connectivity index (χ1n) is 4.34. The van der Waals surface area contributed by atoms with Crippen molar-refractivity contribution in [2.24, 2.45) is 5.92 Å². The second-order valence-corrected chi connectivity index (χ2v) is 3.73. The van der Waals surface area contributed by atoms with E-state index in [0.717, 1.165) is 11.8 Å². The first-order valence-corrected chi connectivity index (χ1v) is 4.34. The van der Waals surface area contributed by atoms with Crippen LogP contribution >= 0.6 is 0 Å². The molecule has 0 spiro atoms. The molecule has 0 heteroatoms. The van der Waals surface area contributed by atoms with Gasteiger partial charge in [-0.25, -0.2) is 0 Å². The fraction of sp³-hybridized carbons (Fsp3) is 0.455. The predicted octanol–water partition coefficient (Wildman–Crippen LogP) is 3.12. The molecule has 2 rings (SSSR count). The van der Waals surface area contributed by atoms with Crippen molar-refractivity contribution in [1.82, 2.24) is 0 Å². The zero-order valence-corrected chi connectivity index (χ0v) is 7.17. The maximum absolute atomic E-state index is 2.33. The van der Waals surface area contributed by atoms with Gasteiger partial charge in [-0.3, -0.25) is 0 Å². The van der Waals surface area contributed by atoms with Crippen molar-refractivity contribution in [3.63, 3.8) is 0 Å². The van der Waals surface area contributed by atoms with Gasteiger partial charge in [0.1, 0.15) is 0 Å². The van der Waals surface area contributed by atoms with Crippen molar-refractivity contribution in [2.75, 3.05) is 0 Å². The van der Waals surface area contributed by atoms with E-state index < -0.39 is 0 Å². The van der Waals surface area contributed by atoms with Crippen LogP contribution in [0.1, 0.15) is 30.4 Å². The molecule has 0 N–H and O–H groups in total. The Hall–Kier alpha value is -0.780. The predicted molar refractivity (Wildman–Crippen MR) is 47.7 cm³/mol. The Bertz CT molecular complexity index is 262. The van der Waals surface area contributed by atoms with Crippen LogP contribution in [0.15, 0.2) is 24.3 Å². The highest BCUT2D eigenvalue weighted by atomic mass is 14.4. The molecule has 0 bridgehead atoms. The summed E-state index contributed by atoms with van der Waals surface area (Å²) in [6.45, 7) is 4.49. The SMILES string of the molecule is Cc1cccc(C2CC2C)c1. The first-order chi connectivity index (χ1) is 5.27. The van der Waals surface area contributed by atoms with E-state index in [2.05, 4.69) is 38.1 Å². The molecule has 0 amide bonds. The lowest BCUT2D eigenvalue weighted by atomic mass is 10.1. The fourth-order valence-corrected chi connectivity index (χ4v) is 1.69. The molecule has 0 radical (unpaired) electrons. The minimum absolute atomic E-state index is 0.870. The maximum Gasteiger partial charge on any atom is -0.0133 e. The summed E-state index contributed by atoms with van der Waals surface area (Å²) in [5, 5.41) is 0. The molecule has 1 aromatic rings. The van der Waals surface area contributed by atoms with Crippen LogP contribution in [0.5, 0.6) is 0 Å². The average molecular weight is 146 g/mol. The van der Waals surface area contributed by atoms with Crippen molar-refractivity contribution in [1.29, 1.82) is 0 Å². The van der Waals surface area contributed by atoms with Crippen LogP contribution in [0.25, 0.3) is 0 Å². The maximum atomic E-state index is 2.33. The lowest BCUT2D eigenvalue weighted by Crippen LogP contribution is -1.81. The molecule has 0 aliphatic heterocycles. The van der Waals surface area contributed by atoms with Crippen molar-refractivity contribution in [3.05, 3.63) is 35.4 Å². The summed E-state index contributed by atoms with van der Waals surface area (Å²) in [6, 6.07) is 8.89. The molecule has 0 heterocycles. The van der Waals surface area contributed by atoms with Crippen LogP contribution in [0.3, 0.4) is 0 Å². The zero-order chi connectivity index (χ0) is 7.84. The third kappa shape index (κ3) is 1.30. The van der Waals surface area contributed by atoms with Crippen LogP contribution in [0.4, 0.5) is 0 Å². The van der Waals surface area contributed by atoms with Crippen molar-refractivity contribution < 1.29 is 0 Å². The Balaban J connectivity index is 2.25. The smallest absolute Gasteiger partial charge is 0.0133 e. The van der Waals surface area contributed by atoms with E-state index in [4.69, 9.17) is 0 Å². The molecular weight excluding hydrogens is 132 g/mol. The second kappa shape index (κ2) is 2.37. The molecule has 0 saturated heterocycles. The number of benzene rings is 1. The molecule has 0 nitrogen and oxygen atoms in total. The summed E-state index contributed by atoms with van der Waals surface area (Å²) in [5.41, 5.74) is 2.93. The van der Waals surface area contributed by atoms with Gasteiger partial charge in [-0.05, 0) is 30.7 Å². The molecule has 1 fully saturated rings. The normalized spacial score (nSPS) is 28.5. The summed E-state index contributed by atoms with van der Waals surface area (Å²) in [5.74, 6) is 1.80. The summed E-state index contributed by atoms with van der Waals surface area (Å²) in [6.07, 6.45) is 1.39. The number of hydrogen-bond acceptors (Lipinski definition) is 0. The van der Waals surface area contributed by atoms with Gasteiger partial charge < -0.3 is 0 Å². The summed E-state index contributed by atoms with van der Waals surface area (Å²) in [7, 11) is 0. The quantitative estimate of drug-likeness (QED) is 0.571. The van der Waals surface area contributed by atoms with Crippen LogP contribution < -0.4 is 0 Å². The van der Waals surface area contributed by atoms with Crippen molar-refractivity contribution in [3.8, 4) is 0 Å². The molecule has 1 aliphatic carbocycles. The molecular formula is C11H14. The highest BCUT2D eigenvalue weighted by molar-refractivity contribution is 5.29. The van der Waals surface area contributed by atoms with Gasteiger partial charge in [0.05, 0.1) is 0 Å². The Morgan fingerprint density at radius 2 is 2.09 bits per heavy atom. The van der Waals surface area contributed by atoms with E-state index in [0.29, 0.717) is 0 Å². The summed E-state index contributed by atoms with van der Waals surface area (Å²) < 4.78 is 0. The van der Waals surface area contributed by atoms with Crippen LogP contribution in [-0.4, -0.2) is 0 Å². The third-order valence-corrected chi connectivity index (χ3v) is 2.58. The van der Waals surface area contributed by atoms with Gasteiger partial charge in [0.2, 0.25) is 0 Å². The van der Waals surface area contributed by atoms with Crippen molar-refractivity contribution >= 4 is 0 Å². The molecule has 11 heavy (non-hydrogen) atoms. The van der Waals surface area contributed by atoms with Gasteiger partial charge in [-0.15, -0.1) is 0 Å². The van der Waals surface area contributed by atoms with Crippen LogP contribution in [0.2, 0.25) is 0 Å². The Kier molecular flexibility index (Phi) is 1.49. The van der Waals surface area contributed by atoms with Crippen molar-refractivity contribution in [2.45, 2.75) is 26.2 Å². The highest BCUT2D eigenvalue weighted by Gasteiger charge is 2.33. The van der Waals surface area contributed by atoms with Gasteiger partial charge in [0.25, 0.3) is 0 Å². The first kappa shape index (κ1) is 6.90. The number of hydrogen-bond donors (Lipinski definition) is 0. The number of rotatable bonds is 1. The summed E-state index contributed by atoms with van der Waals surface area (Å²) >= 11 is 0. The Labute approximate surface area is 68.3 Å². The Morgan fingerprint density at radius 3 is 2.64 bits per heavy atom. The largest absolute Gasteiger partial charge is 0.0619 e. The minimum atomic E-state index is 0.870. The molecule has 1 aliphatic rings. The van der Waals surface area contributed by atoms with E-state index >= 15 is 0 Å². The van der Waals surface area contributed by atoms with E-state index in [9.17, 15) is 0 Å². The fourth-order valence-electron chi connectivity index (χ4n) is 1.69. The van der Waals surface area contributed by atoms with Gasteiger partial charge in [-0.1, -0.05) is 36.8 Å². The van der Waals surface area contributed by atoms with Gasteiger partial charge in [0.15, 0.2) is 0 Å². The molecule has 1 saturated carbocycles. The monoisotopic (exact) mass is 146 g/mol. The highest BCUT2D eigenvalue weighted by Crippen LogP contribution is 2.46. The lowest BCUT2D eigenvalue weighted by Gasteiger charge is -1.98. The average Bonchev–Trinajstić information content (AvgIpc) is 2.67. The van der Waals surface area contributed by atoms with E-state index in [1.165, 1.54) is 17.5 Å². The molecule has 1 aromatic carbocycles.